The second-order valence-electron chi connectivity index (χ2n) is 5.15. The third kappa shape index (κ3) is 4.23. The summed E-state index contributed by atoms with van der Waals surface area (Å²) in [5.74, 6) is 0.571. The van der Waals surface area contributed by atoms with Crippen LogP contribution in [0.2, 0.25) is 0 Å². The van der Waals surface area contributed by atoms with Crippen molar-refractivity contribution in [3.05, 3.63) is 0 Å². The molecule has 1 atom stereocenters. The lowest BCUT2D eigenvalue weighted by Gasteiger charge is -2.24. The Morgan fingerprint density at radius 3 is 2.82 bits per heavy atom. The predicted octanol–water partition coefficient (Wildman–Crippen LogP) is 2.67. The fourth-order valence-electron chi connectivity index (χ4n) is 1.99. The first-order valence-corrected chi connectivity index (χ1v) is 7.31. The number of carbonyl (C=O) groups excluding carboxylic acids is 1. The Kier molecular flexibility index (Phi) is 5.32. The minimum absolute atomic E-state index is 0.0349. The van der Waals surface area contributed by atoms with E-state index in [0.717, 1.165) is 31.7 Å². The second-order valence-corrected chi connectivity index (χ2v) is 6.96. The van der Waals surface area contributed by atoms with E-state index in [1.54, 1.807) is 0 Å². The molecule has 3 nitrogen and oxygen atoms in total. The molecule has 1 unspecified atom stereocenters. The van der Waals surface area contributed by atoms with Gasteiger partial charge >= 0.3 is 0 Å². The Bertz CT molecular complexity index is 309. The molecule has 0 N–H and O–H groups in total. The summed E-state index contributed by atoms with van der Waals surface area (Å²) >= 11 is 1.92. The van der Waals surface area contributed by atoms with E-state index in [2.05, 4.69) is 19.9 Å². The lowest BCUT2D eigenvalue weighted by Crippen LogP contribution is -2.37. The highest BCUT2D eigenvalue weighted by Crippen LogP contribution is 2.31. The summed E-state index contributed by atoms with van der Waals surface area (Å²) in [7, 11) is 0. The van der Waals surface area contributed by atoms with Crippen LogP contribution >= 0.6 is 11.8 Å². The van der Waals surface area contributed by atoms with Gasteiger partial charge in [0.1, 0.15) is 5.92 Å². The van der Waals surface area contributed by atoms with Crippen LogP contribution in [0.15, 0.2) is 0 Å². The Hall–Kier alpha value is -0.690. The van der Waals surface area contributed by atoms with Crippen molar-refractivity contribution in [2.45, 2.75) is 44.8 Å². The largest absolute Gasteiger partial charge is 0.341 e. The standard InChI is InChI=1S/C13H22N2OS/c1-4-5-11(10-14)12(16)15-7-6-13(2,3)17-9-8-15/h11H,4-9H2,1-3H3. The average Bonchev–Trinajstić information content (AvgIpc) is 2.46. The number of amides is 1. The van der Waals surface area contributed by atoms with Crippen molar-refractivity contribution in [1.29, 1.82) is 5.26 Å². The molecule has 1 aliphatic heterocycles. The SMILES string of the molecule is CCCC(C#N)C(=O)N1CCSC(C)(C)CC1. The van der Waals surface area contributed by atoms with E-state index in [-0.39, 0.29) is 10.7 Å². The summed E-state index contributed by atoms with van der Waals surface area (Å²) in [5.41, 5.74) is 0. The van der Waals surface area contributed by atoms with Crippen molar-refractivity contribution in [3.63, 3.8) is 0 Å². The topological polar surface area (TPSA) is 44.1 Å². The number of nitriles is 1. The highest BCUT2D eigenvalue weighted by Gasteiger charge is 2.29. The summed E-state index contributed by atoms with van der Waals surface area (Å²) in [6.45, 7) is 8.04. The molecule has 1 saturated heterocycles. The van der Waals surface area contributed by atoms with E-state index in [1.165, 1.54) is 0 Å². The van der Waals surface area contributed by atoms with E-state index in [0.29, 0.717) is 6.42 Å². The van der Waals surface area contributed by atoms with Gasteiger partial charge in [0.25, 0.3) is 0 Å². The van der Waals surface area contributed by atoms with Gasteiger partial charge in [0.05, 0.1) is 6.07 Å². The van der Waals surface area contributed by atoms with Crippen LogP contribution in [0.1, 0.15) is 40.0 Å². The van der Waals surface area contributed by atoms with Crippen LogP contribution in [0.25, 0.3) is 0 Å². The predicted molar refractivity (Wildman–Crippen MR) is 71.7 cm³/mol. The van der Waals surface area contributed by atoms with Crippen LogP contribution in [0, 0.1) is 17.2 Å². The van der Waals surface area contributed by atoms with Gasteiger partial charge < -0.3 is 4.90 Å². The van der Waals surface area contributed by atoms with E-state index in [1.807, 2.05) is 23.6 Å². The zero-order valence-corrected chi connectivity index (χ0v) is 11.8. The molecule has 4 heteroatoms. The van der Waals surface area contributed by atoms with Crippen molar-refractivity contribution < 1.29 is 4.79 Å². The molecule has 0 aromatic heterocycles. The van der Waals surface area contributed by atoms with E-state index < -0.39 is 5.92 Å². The summed E-state index contributed by atoms with van der Waals surface area (Å²) < 4.78 is 0.252. The molecule has 1 amide bonds. The van der Waals surface area contributed by atoms with Gasteiger partial charge in [0.2, 0.25) is 5.91 Å². The average molecular weight is 254 g/mol. The van der Waals surface area contributed by atoms with Gasteiger partial charge in [-0.05, 0) is 12.8 Å². The first-order valence-electron chi connectivity index (χ1n) is 6.32. The first-order chi connectivity index (χ1) is 8.00. The van der Waals surface area contributed by atoms with E-state index in [9.17, 15) is 4.79 Å². The van der Waals surface area contributed by atoms with Gasteiger partial charge in [-0.2, -0.15) is 17.0 Å². The van der Waals surface area contributed by atoms with Gasteiger partial charge in [-0.3, -0.25) is 4.79 Å². The minimum atomic E-state index is -0.439. The van der Waals surface area contributed by atoms with E-state index in [4.69, 9.17) is 5.26 Å². The van der Waals surface area contributed by atoms with Gasteiger partial charge in [-0.1, -0.05) is 27.2 Å². The number of rotatable bonds is 3. The fraction of sp³-hybridized carbons (Fsp3) is 0.846. The molecule has 1 aliphatic rings. The number of carbonyl (C=O) groups is 1. The summed E-state index contributed by atoms with van der Waals surface area (Å²) in [6.07, 6.45) is 2.58. The Labute approximate surface area is 109 Å². The number of nitrogens with zero attached hydrogens (tertiary/aromatic N) is 2. The lowest BCUT2D eigenvalue weighted by molar-refractivity contribution is -0.133. The second kappa shape index (κ2) is 6.30. The summed E-state index contributed by atoms with van der Waals surface area (Å²) in [4.78, 5) is 14.1. The van der Waals surface area contributed by atoms with Crippen molar-refractivity contribution in [3.8, 4) is 6.07 Å². The van der Waals surface area contributed by atoms with Crippen LogP contribution in [-0.2, 0) is 4.79 Å². The van der Waals surface area contributed by atoms with Crippen molar-refractivity contribution in [2.24, 2.45) is 5.92 Å². The van der Waals surface area contributed by atoms with Gasteiger partial charge in [0, 0.05) is 23.6 Å². The Morgan fingerprint density at radius 1 is 1.53 bits per heavy atom. The Morgan fingerprint density at radius 2 is 2.24 bits per heavy atom. The molecule has 0 aromatic carbocycles. The maximum absolute atomic E-state index is 12.2. The third-order valence-corrected chi connectivity index (χ3v) is 4.55. The van der Waals surface area contributed by atoms with Gasteiger partial charge in [0.15, 0.2) is 0 Å². The quantitative estimate of drug-likeness (QED) is 0.777. The minimum Gasteiger partial charge on any atom is -0.341 e. The lowest BCUT2D eigenvalue weighted by atomic mass is 10.0. The van der Waals surface area contributed by atoms with Gasteiger partial charge in [-0.15, -0.1) is 0 Å². The molecule has 1 heterocycles. The highest BCUT2D eigenvalue weighted by atomic mass is 32.2. The zero-order valence-electron chi connectivity index (χ0n) is 11.0. The van der Waals surface area contributed by atoms with E-state index >= 15 is 0 Å². The molecule has 17 heavy (non-hydrogen) atoms. The first kappa shape index (κ1) is 14.4. The molecule has 1 fully saturated rings. The molecule has 96 valence electrons. The molecule has 0 radical (unpaired) electrons. The number of hydrogen-bond acceptors (Lipinski definition) is 3. The van der Waals surface area contributed by atoms with Crippen LogP contribution in [0.5, 0.6) is 0 Å². The fourth-order valence-corrected chi connectivity index (χ4v) is 3.09. The summed E-state index contributed by atoms with van der Waals surface area (Å²) in [5, 5.41) is 9.03. The maximum atomic E-state index is 12.2. The van der Waals surface area contributed by atoms with Crippen LogP contribution < -0.4 is 0 Å². The monoisotopic (exact) mass is 254 g/mol. The van der Waals surface area contributed by atoms with Crippen molar-refractivity contribution in [2.75, 3.05) is 18.8 Å². The van der Waals surface area contributed by atoms with Crippen LogP contribution in [0.4, 0.5) is 0 Å². The number of hydrogen-bond donors (Lipinski definition) is 0. The number of thioether (sulfide) groups is 1. The van der Waals surface area contributed by atoms with Gasteiger partial charge in [-0.25, -0.2) is 0 Å². The van der Waals surface area contributed by atoms with Crippen LogP contribution in [-0.4, -0.2) is 34.4 Å². The van der Waals surface area contributed by atoms with Crippen molar-refractivity contribution in [1.82, 2.24) is 4.90 Å². The molecule has 0 aromatic rings. The molecule has 1 rings (SSSR count). The molecular formula is C13H22N2OS. The molecule has 0 saturated carbocycles. The summed E-state index contributed by atoms with van der Waals surface area (Å²) in [6, 6.07) is 2.14. The highest BCUT2D eigenvalue weighted by molar-refractivity contribution is 8.00. The third-order valence-electron chi connectivity index (χ3n) is 3.18. The maximum Gasteiger partial charge on any atom is 0.239 e. The molecular weight excluding hydrogens is 232 g/mol. The smallest absolute Gasteiger partial charge is 0.239 e. The normalized spacial score (nSPS) is 21.4. The molecule has 0 bridgehead atoms. The zero-order chi connectivity index (χ0) is 12.9. The van der Waals surface area contributed by atoms with Crippen LogP contribution in [0.3, 0.4) is 0 Å². The molecule has 0 aliphatic carbocycles. The molecule has 0 spiro atoms. The van der Waals surface area contributed by atoms with Crippen molar-refractivity contribution >= 4 is 17.7 Å². The Balaban J connectivity index is 2.61.